The summed E-state index contributed by atoms with van der Waals surface area (Å²) in [6.07, 6.45) is 0.965. The molecule has 1 fully saturated rings. The Morgan fingerprint density at radius 3 is 2.17 bits per heavy atom. The monoisotopic (exact) mass is 685 g/mol. The molecule has 0 spiro atoms. The zero-order chi connectivity index (χ0) is 35.9. The zero-order valence-corrected chi connectivity index (χ0v) is 25.7. The number of nitrogens with zero attached hydrogens (tertiary/aromatic N) is 4. The van der Waals surface area contributed by atoms with Crippen LogP contribution < -0.4 is 15.0 Å². The summed E-state index contributed by atoms with van der Waals surface area (Å²) < 4.78 is 67.8. The topological polar surface area (TPSA) is 146 Å². The maximum absolute atomic E-state index is 12.7. The first kappa shape index (κ1) is 38.8. The average molecular weight is 686 g/mol. The van der Waals surface area contributed by atoms with Crippen LogP contribution >= 0.6 is 0 Å². The van der Waals surface area contributed by atoms with Gasteiger partial charge in [-0.3, -0.25) is 9.59 Å². The van der Waals surface area contributed by atoms with Crippen LogP contribution in [0, 0.1) is 0 Å². The van der Waals surface area contributed by atoms with Gasteiger partial charge in [0.25, 0.3) is 12.4 Å². The molecule has 260 valence electrons. The number of alkyl halides is 6. The second-order valence-corrected chi connectivity index (χ2v) is 9.80. The van der Waals surface area contributed by atoms with Crippen molar-refractivity contribution in [2.45, 2.75) is 51.5 Å². The minimum absolute atomic E-state index is 0.175. The number of aliphatic carboxylic acids is 1. The molecule has 1 aliphatic rings. The number of carboxylic acids is 1. The molecule has 1 atom stereocenters. The highest BCUT2D eigenvalue weighted by Crippen LogP contribution is 2.35. The SMILES string of the molecule is CCCc1ccc(C(=O)Nc2cn3nc(N4CCCC4c4ccc(OC)cc4)ccc3n2)cc1.FC(F)F.O=C(O)C(F)(F)F.O=CO. The molecular formula is C31H33F6N5O6. The van der Waals surface area contributed by atoms with Gasteiger partial charge in [0.15, 0.2) is 11.5 Å². The van der Waals surface area contributed by atoms with Crippen LogP contribution in [0.4, 0.5) is 38.0 Å². The van der Waals surface area contributed by atoms with E-state index in [1.54, 1.807) is 17.8 Å². The third kappa shape index (κ3) is 12.1. The smallest absolute Gasteiger partial charge is 0.490 e. The van der Waals surface area contributed by atoms with E-state index in [-0.39, 0.29) is 18.4 Å². The number of amides is 1. The van der Waals surface area contributed by atoms with Gasteiger partial charge in [-0.25, -0.2) is 14.3 Å². The number of carboxylic acid groups (broad SMARTS) is 2. The lowest BCUT2D eigenvalue weighted by molar-refractivity contribution is -0.192. The molecule has 2 aromatic heterocycles. The van der Waals surface area contributed by atoms with Crippen molar-refractivity contribution in [3.63, 3.8) is 0 Å². The molecule has 1 saturated heterocycles. The molecule has 1 unspecified atom stereocenters. The molecule has 0 saturated carbocycles. The predicted molar refractivity (Wildman–Crippen MR) is 163 cm³/mol. The molecule has 0 aliphatic carbocycles. The summed E-state index contributed by atoms with van der Waals surface area (Å²) in [5, 5.41) is 21.7. The second kappa shape index (κ2) is 18.7. The number of benzene rings is 2. The summed E-state index contributed by atoms with van der Waals surface area (Å²) in [6, 6.07) is 20.2. The fraction of sp³-hybridized carbons (Fsp3) is 0.323. The van der Waals surface area contributed by atoms with Crippen molar-refractivity contribution < 1.29 is 55.7 Å². The number of hydrogen-bond donors (Lipinski definition) is 3. The van der Waals surface area contributed by atoms with Crippen molar-refractivity contribution in [2.75, 3.05) is 23.9 Å². The van der Waals surface area contributed by atoms with Crippen molar-refractivity contribution in [3.8, 4) is 5.75 Å². The second-order valence-electron chi connectivity index (χ2n) is 9.80. The van der Waals surface area contributed by atoms with E-state index in [0.29, 0.717) is 17.0 Å². The fourth-order valence-electron chi connectivity index (χ4n) is 4.60. The standard InChI is InChI=1S/C27H29N5O2.C2HF3O2.CHF3.CH2O2/c1-3-5-19-7-9-21(10-8-19)27(33)29-24-18-32-25(28-24)15-16-26(30-32)31-17-4-6-23(31)20-11-13-22(34-2)14-12-20;3-2(4,5)1(6)7;2-1(3)4;2-1-3/h7-16,18,23H,3-6,17H2,1-2H3,(H,29,33);(H,6,7);1H;1H,(H,2,3). The van der Waals surface area contributed by atoms with E-state index >= 15 is 0 Å². The molecule has 11 nitrogen and oxygen atoms in total. The van der Waals surface area contributed by atoms with Gasteiger partial charge >= 0.3 is 18.8 Å². The fourth-order valence-corrected chi connectivity index (χ4v) is 4.60. The first-order chi connectivity index (χ1) is 22.7. The van der Waals surface area contributed by atoms with E-state index in [0.717, 1.165) is 43.8 Å². The van der Waals surface area contributed by atoms with Crippen LogP contribution in [-0.2, 0) is 16.0 Å². The molecular weight excluding hydrogens is 652 g/mol. The Labute approximate surface area is 270 Å². The number of nitrogens with one attached hydrogen (secondary N) is 1. The minimum Gasteiger partial charge on any atom is -0.497 e. The van der Waals surface area contributed by atoms with Crippen molar-refractivity contribution in [3.05, 3.63) is 83.6 Å². The Balaban J connectivity index is 0.000000486. The number of halogens is 6. The summed E-state index contributed by atoms with van der Waals surface area (Å²) in [5.41, 5.74) is 3.80. The molecule has 2 aromatic carbocycles. The van der Waals surface area contributed by atoms with E-state index < -0.39 is 18.8 Å². The highest BCUT2D eigenvalue weighted by atomic mass is 19.4. The normalized spacial score (nSPS) is 13.7. The third-order valence-electron chi connectivity index (χ3n) is 6.59. The lowest BCUT2D eigenvalue weighted by Crippen LogP contribution is -2.24. The Morgan fingerprint density at radius 2 is 1.65 bits per heavy atom. The maximum Gasteiger partial charge on any atom is 0.490 e. The van der Waals surface area contributed by atoms with Gasteiger partial charge in [0.1, 0.15) is 11.6 Å². The van der Waals surface area contributed by atoms with Crippen molar-refractivity contribution >= 4 is 35.6 Å². The molecule has 0 radical (unpaired) electrons. The molecule has 1 amide bonds. The third-order valence-corrected chi connectivity index (χ3v) is 6.59. The quantitative estimate of drug-likeness (QED) is 0.141. The maximum atomic E-state index is 12.7. The molecule has 48 heavy (non-hydrogen) atoms. The van der Waals surface area contributed by atoms with Gasteiger partial charge in [-0.15, -0.1) is 5.10 Å². The Morgan fingerprint density at radius 1 is 1.06 bits per heavy atom. The number of anilines is 2. The number of aryl methyl sites for hydroxylation is 1. The van der Waals surface area contributed by atoms with Gasteiger partial charge in [0.05, 0.1) is 19.3 Å². The number of ether oxygens (including phenoxy) is 1. The zero-order valence-electron chi connectivity index (χ0n) is 25.7. The molecule has 3 N–H and O–H groups in total. The highest BCUT2D eigenvalue weighted by molar-refractivity contribution is 6.03. The van der Waals surface area contributed by atoms with Crippen molar-refractivity contribution in [1.82, 2.24) is 14.6 Å². The van der Waals surface area contributed by atoms with Crippen LogP contribution in [0.2, 0.25) is 0 Å². The summed E-state index contributed by atoms with van der Waals surface area (Å²) in [6.45, 7) is -0.825. The molecule has 0 bridgehead atoms. The van der Waals surface area contributed by atoms with Crippen molar-refractivity contribution in [1.29, 1.82) is 0 Å². The van der Waals surface area contributed by atoms with E-state index in [1.807, 2.05) is 48.5 Å². The largest absolute Gasteiger partial charge is 0.497 e. The van der Waals surface area contributed by atoms with E-state index in [4.69, 9.17) is 29.6 Å². The summed E-state index contributed by atoms with van der Waals surface area (Å²) in [7, 11) is 1.68. The Bertz CT molecular complexity index is 1600. The lowest BCUT2D eigenvalue weighted by atomic mass is 10.0. The molecule has 17 heteroatoms. The lowest BCUT2D eigenvalue weighted by Gasteiger charge is -2.26. The number of carbonyl (C=O) groups excluding carboxylic acids is 1. The number of aromatic nitrogens is 3. The van der Waals surface area contributed by atoms with Crippen LogP contribution in [0.25, 0.3) is 5.65 Å². The molecule has 3 heterocycles. The number of hydrogen-bond acceptors (Lipinski definition) is 7. The summed E-state index contributed by atoms with van der Waals surface area (Å²) in [4.78, 5) is 36.8. The van der Waals surface area contributed by atoms with Gasteiger partial charge in [-0.2, -0.15) is 26.3 Å². The van der Waals surface area contributed by atoms with Crippen LogP contribution in [0.1, 0.15) is 53.7 Å². The van der Waals surface area contributed by atoms with E-state index in [2.05, 4.69) is 34.3 Å². The Kier molecular flexibility index (Phi) is 15.1. The van der Waals surface area contributed by atoms with Gasteiger partial charge in [-0.1, -0.05) is 37.6 Å². The van der Waals surface area contributed by atoms with E-state index in [1.165, 1.54) is 11.1 Å². The van der Waals surface area contributed by atoms with Crippen LogP contribution in [0.3, 0.4) is 0 Å². The van der Waals surface area contributed by atoms with Gasteiger partial charge in [0, 0.05) is 12.1 Å². The van der Waals surface area contributed by atoms with Crippen molar-refractivity contribution in [2.24, 2.45) is 0 Å². The first-order valence-corrected chi connectivity index (χ1v) is 14.2. The Hall–Kier alpha value is -5.35. The molecule has 5 rings (SSSR count). The number of methoxy groups -OCH3 is 1. The van der Waals surface area contributed by atoms with Gasteiger partial charge in [-0.05, 0) is 66.8 Å². The number of rotatable bonds is 7. The highest BCUT2D eigenvalue weighted by Gasteiger charge is 2.38. The number of carbonyl (C=O) groups is 3. The van der Waals surface area contributed by atoms with E-state index in [9.17, 15) is 31.1 Å². The predicted octanol–water partition coefficient (Wildman–Crippen LogP) is 6.80. The van der Waals surface area contributed by atoms with Gasteiger partial charge in [0.2, 0.25) is 0 Å². The van der Waals surface area contributed by atoms with Crippen LogP contribution in [0.15, 0.2) is 66.9 Å². The number of imidazole rings is 1. The van der Waals surface area contributed by atoms with Gasteiger partial charge < -0.3 is 25.2 Å². The minimum atomic E-state index is -5.08. The summed E-state index contributed by atoms with van der Waals surface area (Å²) >= 11 is 0. The van der Waals surface area contributed by atoms with Crippen LogP contribution in [-0.4, -0.2) is 69.7 Å². The number of fused-ring (bicyclic) bond motifs is 1. The molecule has 4 aromatic rings. The first-order valence-electron chi connectivity index (χ1n) is 14.2. The average Bonchev–Trinajstić information content (AvgIpc) is 3.68. The van der Waals surface area contributed by atoms with Crippen LogP contribution in [0.5, 0.6) is 5.75 Å². The molecule has 1 aliphatic heterocycles. The summed E-state index contributed by atoms with van der Waals surface area (Å²) in [5.74, 6) is -0.691.